The average molecular weight is 362 g/mol. The van der Waals surface area contributed by atoms with E-state index in [1.807, 2.05) is 20.8 Å². The van der Waals surface area contributed by atoms with Crippen LogP contribution in [0.3, 0.4) is 0 Å². The smallest absolute Gasteiger partial charge is 0.255 e. The van der Waals surface area contributed by atoms with Gasteiger partial charge in [-0.25, -0.2) is 0 Å². The first-order chi connectivity index (χ1) is 12.8. The lowest BCUT2D eigenvalue weighted by atomic mass is 10.1. The largest absolute Gasteiger partial charge is 0.488 e. The van der Waals surface area contributed by atoms with E-state index in [4.69, 9.17) is 14.4 Å². The van der Waals surface area contributed by atoms with Crippen molar-refractivity contribution in [2.45, 2.75) is 26.4 Å². The zero-order valence-corrected chi connectivity index (χ0v) is 15.2. The number of amides is 1. The highest BCUT2D eigenvalue weighted by molar-refractivity contribution is 6.07. The first-order valence-corrected chi connectivity index (χ1v) is 8.34. The van der Waals surface area contributed by atoms with Crippen LogP contribution in [0.2, 0.25) is 0 Å². The number of ether oxygens (including phenoxy) is 1. The molecular weight excluding hydrogens is 344 g/mol. The Labute approximate surface area is 156 Å². The Hall–Kier alpha value is -3.59. The second kappa shape index (κ2) is 6.96. The quantitative estimate of drug-likeness (QED) is 0.757. The van der Waals surface area contributed by atoms with E-state index in [1.165, 1.54) is 0 Å². The number of para-hydroxylation sites is 1. The van der Waals surface area contributed by atoms with Crippen molar-refractivity contribution in [2.24, 2.45) is 0 Å². The number of anilines is 1. The number of hydrogen-bond donors (Lipinski definition) is 1. The van der Waals surface area contributed by atoms with Gasteiger partial charge in [-0.05, 0) is 57.2 Å². The number of fused-ring (bicyclic) bond motifs is 1. The van der Waals surface area contributed by atoms with Crippen LogP contribution in [0.1, 0.15) is 36.9 Å². The van der Waals surface area contributed by atoms with Crippen molar-refractivity contribution in [3.63, 3.8) is 0 Å². The molecule has 0 aliphatic carbocycles. The zero-order valence-electron chi connectivity index (χ0n) is 15.2. The molecular formula is C21H18N2O4. The molecule has 6 nitrogen and oxygen atoms in total. The summed E-state index contributed by atoms with van der Waals surface area (Å²) < 4.78 is 11.2. The molecule has 2 aromatic carbocycles. The summed E-state index contributed by atoms with van der Waals surface area (Å²) in [6.45, 7) is 5.83. The van der Waals surface area contributed by atoms with Crippen LogP contribution in [0.15, 0.2) is 57.7 Å². The van der Waals surface area contributed by atoms with Crippen LogP contribution in [-0.4, -0.2) is 11.5 Å². The van der Waals surface area contributed by atoms with Crippen molar-refractivity contribution in [1.82, 2.24) is 0 Å². The molecule has 0 fully saturated rings. The average Bonchev–Trinajstić information content (AvgIpc) is 2.61. The van der Waals surface area contributed by atoms with E-state index in [0.717, 1.165) is 6.07 Å². The molecule has 6 heteroatoms. The minimum absolute atomic E-state index is 0.113. The zero-order chi connectivity index (χ0) is 19.6. The van der Waals surface area contributed by atoms with Gasteiger partial charge >= 0.3 is 0 Å². The van der Waals surface area contributed by atoms with Crippen LogP contribution in [0, 0.1) is 11.3 Å². The van der Waals surface area contributed by atoms with Gasteiger partial charge in [-0.1, -0.05) is 6.07 Å². The summed E-state index contributed by atoms with van der Waals surface area (Å²) in [6.07, 6.45) is 0. The molecule has 3 rings (SSSR count). The van der Waals surface area contributed by atoms with Crippen LogP contribution in [0.25, 0.3) is 11.0 Å². The minimum atomic E-state index is -0.366. The molecule has 27 heavy (non-hydrogen) atoms. The van der Waals surface area contributed by atoms with Crippen LogP contribution in [-0.2, 0) is 0 Å². The summed E-state index contributed by atoms with van der Waals surface area (Å²) in [7, 11) is 0. The van der Waals surface area contributed by atoms with Gasteiger partial charge in [0.05, 0.1) is 11.1 Å². The second-order valence-electron chi connectivity index (χ2n) is 6.96. The predicted molar refractivity (Wildman–Crippen MR) is 102 cm³/mol. The highest BCUT2D eigenvalue weighted by Crippen LogP contribution is 2.24. The van der Waals surface area contributed by atoms with Gasteiger partial charge in [-0.2, -0.15) is 5.26 Å². The third-order valence-electron chi connectivity index (χ3n) is 3.65. The van der Waals surface area contributed by atoms with E-state index in [9.17, 15) is 9.59 Å². The summed E-state index contributed by atoms with van der Waals surface area (Å²) in [5.41, 5.74) is 0.242. The van der Waals surface area contributed by atoms with Gasteiger partial charge < -0.3 is 14.5 Å². The molecule has 1 N–H and O–H groups in total. The number of carbonyl (C=O) groups is 1. The molecule has 1 amide bonds. The van der Waals surface area contributed by atoms with Gasteiger partial charge in [-0.15, -0.1) is 0 Å². The number of hydrogen-bond acceptors (Lipinski definition) is 5. The summed E-state index contributed by atoms with van der Waals surface area (Å²) >= 11 is 0. The Morgan fingerprint density at radius 2 is 1.85 bits per heavy atom. The lowest BCUT2D eigenvalue weighted by Gasteiger charge is -2.21. The van der Waals surface area contributed by atoms with Crippen molar-refractivity contribution in [3.8, 4) is 11.8 Å². The molecule has 136 valence electrons. The lowest BCUT2D eigenvalue weighted by molar-refractivity contribution is 0.102. The van der Waals surface area contributed by atoms with Crippen molar-refractivity contribution in [3.05, 3.63) is 70.1 Å². The van der Waals surface area contributed by atoms with E-state index in [0.29, 0.717) is 22.4 Å². The van der Waals surface area contributed by atoms with Gasteiger partial charge in [-0.3, -0.25) is 9.59 Å². The topological polar surface area (TPSA) is 92.3 Å². The fourth-order valence-corrected chi connectivity index (χ4v) is 2.55. The predicted octanol–water partition coefficient (Wildman–Crippen LogP) is 4.09. The van der Waals surface area contributed by atoms with Gasteiger partial charge in [0.2, 0.25) is 5.76 Å². The normalized spacial score (nSPS) is 11.0. The minimum Gasteiger partial charge on any atom is -0.488 e. The monoisotopic (exact) mass is 362 g/mol. The Morgan fingerprint density at radius 3 is 2.48 bits per heavy atom. The van der Waals surface area contributed by atoms with Crippen molar-refractivity contribution in [2.75, 3.05) is 5.32 Å². The highest BCUT2D eigenvalue weighted by Gasteiger charge is 2.14. The number of carbonyl (C=O) groups excluding carboxylic acids is 1. The molecule has 1 aromatic heterocycles. The van der Waals surface area contributed by atoms with Crippen molar-refractivity contribution >= 4 is 22.6 Å². The Morgan fingerprint density at radius 1 is 1.15 bits per heavy atom. The van der Waals surface area contributed by atoms with E-state index in [-0.39, 0.29) is 28.3 Å². The van der Waals surface area contributed by atoms with Gasteiger partial charge in [0.1, 0.15) is 17.4 Å². The number of nitrogens with one attached hydrogen (secondary N) is 1. The number of nitrogens with zero attached hydrogens (tertiary/aromatic N) is 1. The molecule has 3 aromatic rings. The molecule has 0 saturated heterocycles. The molecule has 0 radical (unpaired) electrons. The van der Waals surface area contributed by atoms with Crippen LogP contribution < -0.4 is 15.5 Å². The summed E-state index contributed by atoms with van der Waals surface area (Å²) in [6, 6.07) is 14.5. The molecule has 0 aliphatic rings. The molecule has 0 saturated carbocycles. The number of rotatable bonds is 3. The molecule has 0 atom stereocenters. The van der Waals surface area contributed by atoms with Crippen LogP contribution in [0.4, 0.5) is 5.69 Å². The maximum Gasteiger partial charge on any atom is 0.255 e. The van der Waals surface area contributed by atoms with Crippen molar-refractivity contribution < 1.29 is 13.9 Å². The fraction of sp³-hybridized carbons (Fsp3) is 0.190. The first kappa shape index (κ1) is 18.2. The van der Waals surface area contributed by atoms with Crippen molar-refractivity contribution in [1.29, 1.82) is 5.26 Å². The second-order valence-corrected chi connectivity index (χ2v) is 6.96. The fourth-order valence-electron chi connectivity index (χ4n) is 2.55. The standard InChI is InChI=1S/C21H18N2O4/c1-21(2,3)27-14-9-7-13(8-10-14)20(25)23-17-6-4-5-16-18(24)11-15(12-22)26-19(16)17/h4-11H,1-3H3,(H,23,25). The van der Waals surface area contributed by atoms with Crippen LogP contribution >= 0.6 is 0 Å². The maximum absolute atomic E-state index is 12.6. The summed E-state index contributed by atoms with van der Waals surface area (Å²) in [4.78, 5) is 24.6. The Kier molecular flexibility index (Phi) is 4.70. The van der Waals surface area contributed by atoms with Crippen LogP contribution in [0.5, 0.6) is 5.75 Å². The third kappa shape index (κ3) is 4.15. The van der Waals surface area contributed by atoms with Gasteiger partial charge in [0.15, 0.2) is 11.0 Å². The number of benzene rings is 2. The third-order valence-corrected chi connectivity index (χ3v) is 3.65. The number of nitriles is 1. The molecule has 1 heterocycles. The summed E-state index contributed by atoms with van der Waals surface area (Å²) in [5, 5.41) is 12.0. The summed E-state index contributed by atoms with van der Waals surface area (Å²) in [5.74, 6) is 0.182. The molecule has 0 spiro atoms. The van der Waals surface area contributed by atoms with Gasteiger partial charge in [0.25, 0.3) is 5.91 Å². The van der Waals surface area contributed by atoms with E-state index >= 15 is 0 Å². The molecule has 0 unspecified atom stereocenters. The molecule has 0 aliphatic heterocycles. The highest BCUT2D eigenvalue weighted by atomic mass is 16.5. The van der Waals surface area contributed by atoms with E-state index < -0.39 is 0 Å². The molecule has 0 bridgehead atoms. The van der Waals surface area contributed by atoms with Gasteiger partial charge in [0, 0.05) is 11.6 Å². The SMILES string of the molecule is CC(C)(C)Oc1ccc(C(=O)Nc2cccc3c(=O)cc(C#N)oc23)cc1. The lowest BCUT2D eigenvalue weighted by Crippen LogP contribution is -2.23. The Bertz CT molecular complexity index is 1100. The maximum atomic E-state index is 12.6. The van der Waals surface area contributed by atoms with E-state index in [2.05, 4.69) is 5.32 Å². The first-order valence-electron chi connectivity index (χ1n) is 8.34. The Balaban J connectivity index is 1.89. The van der Waals surface area contributed by atoms with E-state index in [1.54, 1.807) is 48.5 Å².